The molecule has 5 nitrogen and oxygen atoms in total. The third-order valence-corrected chi connectivity index (χ3v) is 4.92. The summed E-state index contributed by atoms with van der Waals surface area (Å²) in [4.78, 5) is 6.89. The third kappa shape index (κ3) is 4.04. The summed E-state index contributed by atoms with van der Waals surface area (Å²) < 4.78 is 20.0. The van der Waals surface area contributed by atoms with Crippen molar-refractivity contribution in [3.63, 3.8) is 0 Å². The van der Waals surface area contributed by atoms with Crippen LogP contribution in [0.5, 0.6) is 0 Å². The molecule has 3 rings (SSSR count). The van der Waals surface area contributed by atoms with Crippen LogP contribution in [0.1, 0.15) is 12.5 Å². The number of piperazine rings is 1. The summed E-state index contributed by atoms with van der Waals surface area (Å²) in [6.45, 7) is 10.5. The van der Waals surface area contributed by atoms with Gasteiger partial charge < -0.3 is 9.64 Å². The lowest BCUT2D eigenvalue weighted by atomic mass is 10.1. The summed E-state index contributed by atoms with van der Waals surface area (Å²) in [5.41, 5.74) is 0.963. The van der Waals surface area contributed by atoms with Crippen LogP contribution in [0.4, 0.5) is 10.1 Å². The summed E-state index contributed by atoms with van der Waals surface area (Å²) >= 11 is 0. The molecule has 2 heterocycles. The Labute approximate surface area is 143 Å². The van der Waals surface area contributed by atoms with E-state index in [0.29, 0.717) is 11.3 Å². The fourth-order valence-electron chi connectivity index (χ4n) is 3.47. The highest BCUT2D eigenvalue weighted by atomic mass is 19.1. The van der Waals surface area contributed by atoms with Crippen molar-refractivity contribution in [2.75, 3.05) is 63.9 Å². The van der Waals surface area contributed by atoms with E-state index in [4.69, 9.17) is 10.00 Å². The van der Waals surface area contributed by atoms with Crippen LogP contribution in [0, 0.1) is 17.1 Å². The lowest BCUT2D eigenvalue weighted by Crippen LogP contribution is -2.52. The molecule has 1 aromatic rings. The van der Waals surface area contributed by atoms with Gasteiger partial charge in [-0.1, -0.05) is 6.92 Å². The molecule has 2 aliphatic heterocycles. The Bertz CT molecular complexity index is 595. The fraction of sp³-hybridized carbons (Fsp3) is 0.611. The van der Waals surface area contributed by atoms with Gasteiger partial charge in [-0.05, 0) is 24.7 Å². The number of hydrogen-bond donors (Lipinski definition) is 0. The molecule has 24 heavy (non-hydrogen) atoms. The quantitative estimate of drug-likeness (QED) is 0.837. The van der Waals surface area contributed by atoms with Crippen LogP contribution in [0.15, 0.2) is 18.2 Å². The molecule has 2 aliphatic rings. The van der Waals surface area contributed by atoms with Gasteiger partial charge in [0.05, 0.1) is 30.0 Å². The Hall–Kier alpha value is -1.68. The van der Waals surface area contributed by atoms with Crippen LogP contribution in [0.25, 0.3) is 0 Å². The van der Waals surface area contributed by atoms with Crippen molar-refractivity contribution >= 4 is 5.69 Å². The molecule has 1 atom stereocenters. The predicted octanol–water partition coefficient (Wildman–Crippen LogP) is 1.54. The highest BCUT2D eigenvalue weighted by molar-refractivity contribution is 5.51. The largest absolute Gasteiger partial charge is 0.374 e. The van der Waals surface area contributed by atoms with Gasteiger partial charge in [-0.15, -0.1) is 0 Å². The molecular formula is C18H25FN4O. The second-order valence-electron chi connectivity index (χ2n) is 6.45. The second-order valence-corrected chi connectivity index (χ2v) is 6.45. The average molecular weight is 332 g/mol. The Morgan fingerprint density at radius 1 is 1.21 bits per heavy atom. The van der Waals surface area contributed by atoms with E-state index in [1.165, 1.54) is 6.07 Å². The third-order valence-electron chi connectivity index (χ3n) is 4.92. The van der Waals surface area contributed by atoms with E-state index in [9.17, 15) is 4.39 Å². The highest BCUT2D eigenvalue weighted by Crippen LogP contribution is 2.22. The zero-order chi connectivity index (χ0) is 16.9. The van der Waals surface area contributed by atoms with E-state index >= 15 is 0 Å². The average Bonchev–Trinajstić information content (AvgIpc) is 2.62. The van der Waals surface area contributed by atoms with Gasteiger partial charge >= 0.3 is 0 Å². The van der Waals surface area contributed by atoms with E-state index in [1.54, 1.807) is 12.1 Å². The number of morpholine rings is 1. The van der Waals surface area contributed by atoms with E-state index in [2.05, 4.69) is 21.6 Å². The molecule has 0 N–H and O–H groups in total. The van der Waals surface area contributed by atoms with Gasteiger partial charge in [0.1, 0.15) is 5.82 Å². The first-order chi connectivity index (χ1) is 11.7. The van der Waals surface area contributed by atoms with Gasteiger partial charge in [-0.2, -0.15) is 5.26 Å². The maximum atomic E-state index is 14.1. The molecule has 2 saturated heterocycles. The number of anilines is 1. The Morgan fingerprint density at radius 3 is 2.67 bits per heavy atom. The van der Waals surface area contributed by atoms with Crippen LogP contribution in [0.3, 0.4) is 0 Å². The number of benzene rings is 1. The second kappa shape index (κ2) is 7.93. The van der Waals surface area contributed by atoms with Gasteiger partial charge in [0.2, 0.25) is 0 Å². The zero-order valence-electron chi connectivity index (χ0n) is 14.2. The number of ether oxygens (including phenoxy) is 1. The Kier molecular flexibility index (Phi) is 5.67. The van der Waals surface area contributed by atoms with Crippen molar-refractivity contribution in [3.05, 3.63) is 29.6 Å². The monoisotopic (exact) mass is 332 g/mol. The number of nitrogens with zero attached hydrogens (tertiary/aromatic N) is 4. The van der Waals surface area contributed by atoms with Crippen LogP contribution in [-0.4, -0.2) is 74.9 Å². The van der Waals surface area contributed by atoms with Crippen molar-refractivity contribution in [3.8, 4) is 6.07 Å². The molecule has 0 amide bonds. The molecule has 2 fully saturated rings. The van der Waals surface area contributed by atoms with Gasteiger partial charge in [-0.25, -0.2) is 4.39 Å². The summed E-state index contributed by atoms with van der Waals surface area (Å²) in [5, 5.41) is 8.84. The molecule has 1 aromatic carbocycles. The van der Waals surface area contributed by atoms with E-state index in [1.807, 2.05) is 6.07 Å². The molecule has 0 bridgehead atoms. The zero-order valence-corrected chi connectivity index (χ0v) is 14.2. The maximum absolute atomic E-state index is 14.1. The van der Waals surface area contributed by atoms with Crippen molar-refractivity contribution in [2.24, 2.45) is 0 Å². The van der Waals surface area contributed by atoms with Crippen molar-refractivity contribution in [2.45, 2.75) is 13.0 Å². The van der Waals surface area contributed by atoms with Crippen molar-refractivity contribution in [1.29, 1.82) is 5.26 Å². The Morgan fingerprint density at radius 2 is 2.00 bits per heavy atom. The summed E-state index contributed by atoms with van der Waals surface area (Å²) in [6.07, 6.45) is 0.275. The van der Waals surface area contributed by atoms with E-state index in [0.717, 1.165) is 59.0 Å². The SMILES string of the molecule is CCN1CCOC(CN2CCN(c3ccc(C#N)cc3F)CC2)C1. The first kappa shape index (κ1) is 17.2. The first-order valence-corrected chi connectivity index (χ1v) is 8.70. The number of halogens is 1. The van der Waals surface area contributed by atoms with E-state index < -0.39 is 0 Å². The molecule has 1 unspecified atom stereocenters. The normalized spacial score (nSPS) is 23.2. The topological polar surface area (TPSA) is 42.7 Å². The minimum absolute atomic E-state index is 0.275. The van der Waals surface area contributed by atoms with Crippen LogP contribution in [0.2, 0.25) is 0 Å². The molecule has 0 aromatic heterocycles. The minimum atomic E-state index is -0.309. The molecule has 130 valence electrons. The maximum Gasteiger partial charge on any atom is 0.147 e. The molecule has 0 radical (unpaired) electrons. The lowest BCUT2D eigenvalue weighted by molar-refractivity contribution is -0.0422. The van der Waals surface area contributed by atoms with E-state index in [-0.39, 0.29) is 11.9 Å². The van der Waals surface area contributed by atoms with Gasteiger partial charge in [-0.3, -0.25) is 9.80 Å². The molecule has 0 saturated carbocycles. The molecule has 0 spiro atoms. The molecular weight excluding hydrogens is 307 g/mol. The summed E-state index contributed by atoms with van der Waals surface area (Å²) in [7, 11) is 0. The fourth-order valence-corrected chi connectivity index (χ4v) is 3.47. The number of nitriles is 1. The minimum Gasteiger partial charge on any atom is -0.374 e. The molecule has 0 aliphatic carbocycles. The molecule has 6 heteroatoms. The first-order valence-electron chi connectivity index (χ1n) is 8.70. The van der Waals surface area contributed by atoms with Gasteiger partial charge in [0.25, 0.3) is 0 Å². The standard InChI is InChI=1S/C18H25FN4O/c1-2-21-9-10-24-16(13-21)14-22-5-7-23(8-6-22)18-4-3-15(12-20)11-17(18)19/h3-4,11,16H,2,5-10,13-14H2,1H3. The summed E-state index contributed by atoms with van der Waals surface area (Å²) in [5.74, 6) is -0.309. The number of rotatable bonds is 4. The van der Waals surface area contributed by atoms with Crippen LogP contribution < -0.4 is 4.90 Å². The number of hydrogen-bond acceptors (Lipinski definition) is 5. The Balaban J connectivity index is 1.52. The van der Waals surface area contributed by atoms with Crippen molar-refractivity contribution < 1.29 is 9.13 Å². The predicted molar refractivity (Wildman–Crippen MR) is 91.6 cm³/mol. The van der Waals surface area contributed by atoms with Crippen LogP contribution in [-0.2, 0) is 4.74 Å². The van der Waals surface area contributed by atoms with Gasteiger partial charge in [0.15, 0.2) is 0 Å². The summed E-state index contributed by atoms with van der Waals surface area (Å²) in [6, 6.07) is 6.69. The van der Waals surface area contributed by atoms with Gasteiger partial charge in [0, 0.05) is 45.8 Å². The highest BCUT2D eigenvalue weighted by Gasteiger charge is 2.25. The smallest absolute Gasteiger partial charge is 0.147 e. The van der Waals surface area contributed by atoms with Crippen LogP contribution >= 0.6 is 0 Å². The lowest BCUT2D eigenvalue weighted by Gasteiger charge is -2.39. The van der Waals surface area contributed by atoms with Crippen molar-refractivity contribution in [1.82, 2.24) is 9.80 Å². The number of likely N-dealkylation sites (N-methyl/N-ethyl adjacent to an activating group) is 1.